The smallest absolute Gasteiger partial charge is 0.0966 e. The minimum atomic E-state index is 0.861. The third-order valence-corrected chi connectivity index (χ3v) is 1.90. The first-order chi connectivity index (χ1) is 5.72. The number of aryl methyl sites for hydroxylation is 1. The van der Waals surface area contributed by atoms with Crippen LogP contribution in [0.4, 0.5) is 0 Å². The third kappa shape index (κ3) is 2.91. The van der Waals surface area contributed by atoms with Crippen molar-refractivity contribution >= 4 is 15.9 Å². The summed E-state index contributed by atoms with van der Waals surface area (Å²) in [5, 5.41) is 8.84. The molecule has 0 atom stereocenters. The van der Waals surface area contributed by atoms with Gasteiger partial charge in [-0.3, -0.25) is 9.58 Å². The summed E-state index contributed by atoms with van der Waals surface area (Å²) >= 11 is 3.39. The Morgan fingerprint density at radius 2 is 2.42 bits per heavy atom. The van der Waals surface area contributed by atoms with Crippen molar-refractivity contribution in [1.82, 2.24) is 19.9 Å². The lowest BCUT2D eigenvalue weighted by Gasteiger charge is -2.11. The Morgan fingerprint density at radius 3 is 2.92 bits per heavy atom. The van der Waals surface area contributed by atoms with Crippen molar-refractivity contribution in [1.29, 1.82) is 0 Å². The van der Waals surface area contributed by atoms with Crippen molar-refractivity contribution in [3.63, 3.8) is 0 Å². The SMILES string of the molecule is CN(CCBr)Cc1cn(C)nn1. The molecule has 68 valence electrons. The second-order valence-electron chi connectivity index (χ2n) is 2.81. The summed E-state index contributed by atoms with van der Waals surface area (Å²) in [6.45, 7) is 1.88. The molecule has 5 heteroatoms. The van der Waals surface area contributed by atoms with E-state index in [1.165, 1.54) is 0 Å². The van der Waals surface area contributed by atoms with Crippen LogP contribution in [0.2, 0.25) is 0 Å². The molecule has 0 N–H and O–H groups in total. The lowest BCUT2D eigenvalue weighted by molar-refractivity contribution is 0.345. The van der Waals surface area contributed by atoms with Crippen LogP contribution in [0, 0.1) is 0 Å². The van der Waals surface area contributed by atoms with Crippen LogP contribution in [0.25, 0.3) is 0 Å². The largest absolute Gasteiger partial charge is 0.300 e. The van der Waals surface area contributed by atoms with Crippen molar-refractivity contribution in [2.75, 3.05) is 18.9 Å². The van der Waals surface area contributed by atoms with Gasteiger partial charge < -0.3 is 0 Å². The molecule has 1 rings (SSSR count). The van der Waals surface area contributed by atoms with Crippen molar-refractivity contribution in [3.05, 3.63) is 11.9 Å². The highest BCUT2D eigenvalue weighted by atomic mass is 79.9. The maximum atomic E-state index is 3.99. The second kappa shape index (κ2) is 4.57. The second-order valence-corrected chi connectivity index (χ2v) is 3.60. The number of halogens is 1. The molecule has 0 radical (unpaired) electrons. The molecule has 0 spiro atoms. The van der Waals surface area contributed by atoms with Crippen molar-refractivity contribution in [3.8, 4) is 0 Å². The molecule has 0 saturated carbocycles. The summed E-state index contributed by atoms with van der Waals surface area (Å²) in [5.74, 6) is 0. The Kier molecular flexibility index (Phi) is 3.68. The van der Waals surface area contributed by atoms with Crippen LogP contribution in [-0.4, -0.2) is 38.8 Å². The van der Waals surface area contributed by atoms with Gasteiger partial charge in [0.25, 0.3) is 0 Å². The fourth-order valence-corrected chi connectivity index (χ4v) is 1.57. The van der Waals surface area contributed by atoms with E-state index >= 15 is 0 Å². The standard InChI is InChI=1S/C7H13BrN4/c1-11(4-3-8)5-7-6-12(2)10-9-7/h6H,3-5H2,1-2H3. The van der Waals surface area contributed by atoms with Gasteiger partial charge in [0.05, 0.1) is 5.69 Å². The van der Waals surface area contributed by atoms with Crippen molar-refractivity contribution in [2.24, 2.45) is 7.05 Å². The van der Waals surface area contributed by atoms with Crippen molar-refractivity contribution < 1.29 is 0 Å². The van der Waals surface area contributed by atoms with E-state index in [-0.39, 0.29) is 0 Å². The summed E-state index contributed by atoms with van der Waals surface area (Å²) < 4.78 is 1.72. The van der Waals surface area contributed by atoms with Crippen LogP contribution in [-0.2, 0) is 13.6 Å². The Morgan fingerprint density at radius 1 is 1.67 bits per heavy atom. The highest BCUT2D eigenvalue weighted by Crippen LogP contribution is 1.97. The van der Waals surface area contributed by atoms with E-state index in [4.69, 9.17) is 0 Å². The predicted octanol–water partition coefficient (Wildman–Crippen LogP) is 0.642. The van der Waals surface area contributed by atoms with E-state index in [0.717, 1.165) is 24.1 Å². The summed E-state index contributed by atoms with van der Waals surface area (Å²) in [4.78, 5) is 2.19. The first-order valence-corrected chi connectivity index (χ1v) is 4.94. The average molecular weight is 233 g/mol. The van der Waals surface area contributed by atoms with Crippen molar-refractivity contribution in [2.45, 2.75) is 6.54 Å². The fraction of sp³-hybridized carbons (Fsp3) is 0.714. The molecule has 0 amide bonds. The average Bonchev–Trinajstić information content (AvgIpc) is 2.36. The van der Waals surface area contributed by atoms with E-state index in [0.29, 0.717) is 0 Å². The molecular weight excluding hydrogens is 220 g/mol. The monoisotopic (exact) mass is 232 g/mol. The Bertz CT molecular complexity index is 235. The molecule has 0 aliphatic heterocycles. The Balaban J connectivity index is 2.41. The van der Waals surface area contributed by atoms with Gasteiger partial charge in [0.15, 0.2) is 0 Å². The zero-order chi connectivity index (χ0) is 8.97. The molecule has 0 saturated heterocycles. The highest BCUT2D eigenvalue weighted by Gasteiger charge is 2.01. The molecule has 1 aromatic heterocycles. The van der Waals surface area contributed by atoms with Gasteiger partial charge in [-0.2, -0.15) is 0 Å². The summed E-state index contributed by atoms with van der Waals surface area (Å²) in [5.41, 5.74) is 1.01. The Labute approximate surface area is 80.7 Å². The molecule has 1 aromatic rings. The van der Waals surface area contributed by atoms with Crippen LogP contribution in [0.15, 0.2) is 6.20 Å². The van der Waals surface area contributed by atoms with Gasteiger partial charge in [-0.25, -0.2) is 0 Å². The lowest BCUT2D eigenvalue weighted by Crippen LogP contribution is -2.20. The lowest BCUT2D eigenvalue weighted by atomic mass is 10.4. The van der Waals surface area contributed by atoms with Gasteiger partial charge in [-0.1, -0.05) is 21.1 Å². The quantitative estimate of drug-likeness (QED) is 0.716. The number of alkyl halides is 1. The maximum absolute atomic E-state index is 3.99. The number of nitrogens with zero attached hydrogens (tertiary/aromatic N) is 4. The molecule has 0 unspecified atom stereocenters. The highest BCUT2D eigenvalue weighted by molar-refractivity contribution is 9.09. The molecular formula is C7H13BrN4. The van der Waals surface area contributed by atoms with Gasteiger partial charge in [-0.15, -0.1) is 5.10 Å². The zero-order valence-electron chi connectivity index (χ0n) is 7.37. The van der Waals surface area contributed by atoms with Gasteiger partial charge in [0.2, 0.25) is 0 Å². The van der Waals surface area contributed by atoms with E-state index in [9.17, 15) is 0 Å². The molecule has 1 heterocycles. The summed E-state index contributed by atoms with van der Waals surface area (Å²) in [6.07, 6.45) is 1.94. The molecule has 0 aliphatic carbocycles. The van der Waals surface area contributed by atoms with E-state index < -0.39 is 0 Å². The molecule has 0 fully saturated rings. The van der Waals surface area contributed by atoms with Gasteiger partial charge >= 0.3 is 0 Å². The van der Waals surface area contributed by atoms with E-state index in [1.54, 1.807) is 4.68 Å². The maximum Gasteiger partial charge on any atom is 0.0966 e. The van der Waals surface area contributed by atoms with E-state index in [1.807, 2.05) is 13.2 Å². The summed E-state index contributed by atoms with van der Waals surface area (Å²) in [7, 11) is 3.94. The third-order valence-electron chi connectivity index (χ3n) is 1.55. The number of hydrogen-bond acceptors (Lipinski definition) is 3. The first kappa shape index (κ1) is 9.67. The molecule has 0 bridgehead atoms. The summed E-state index contributed by atoms with van der Waals surface area (Å²) in [6, 6.07) is 0. The molecule has 0 aromatic carbocycles. The van der Waals surface area contributed by atoms with Crippen LogP contribution in [0.3, 0.4) is 0 Å². The molecule has 0 aliphatic rings. The van der Waals surface area contributed by atoms with E-state index in [2.05, 4.69) is 38.2 Å². The predicted molar refractivity (Wildman–Crippen MR) is 51.1 cm³/mol. The normalized spacial score (nSPS) is 11.0. The van der Waals surface area contributed by atoms with Crippen LogP contribution < -0.4 is 0 Å². The topological polar surface area (TPSA) is 34.0 Å². The van der Waals surface area contributed by atoms with Crippen LogP contribution >= 0.6 is 15.9 Å². The van der Waals surface area contributed by atoms with Crippen LogP contribution in [0.1, 0.15) is 5.69 Å². The molecule has 12 heavy (non-hydrogen) atoms. The van der Waals surface area contributed by atoms with Gasteiger partial charge in [0.1, 0.15) is 0 Å². The molecule has 4 nitrogen and oxygen atoms in total. The first-order valence-electron chi connectivity index (χ1n) is 3.82. The number of rotatable bonds is 4. The minimum absolute atomic E-state index is 0.861. The van der Waals surface area contributed by atoms with Gasteiger partial charge in [0, 0.05) is 31.7 Å². The van der Waals surface area contributed by atoms with Crippen LogP contribution in [0.5, 0.6) is 0 Å². The number of hydrogen-bond donors (Lipinski definition) is 0. The fourth-order valence-electron chi connectivity index (χ4n) is 0.968. The number of aromatic nitrogens is 3. The Hall–Kier alpha value is -0.420. The zero-order valence-corrected chi connectivity index (χ0v) is 8.95. The minimum Gasteiger partial charge on any atom is -0.300 e. The van der Waals surface area contributed by atoms with Gasteiger partial charge in [-0.05, 0) is 7.05 Å².